The molecule has 0 fully saturated rings. The molecule has 105 heavy (non-hydrogen) atoms. The highest BCUT2D eigenvalue weighted by Gasteiger charge is 2.47. The van der Waals surface area contributed by atoms with Crippen molar-refractivity contribution in [1.82, 2.24) is 0 Å². The Morgan fingerprint density at radius 2 is 0.657 bits per heavy atom. The van der Waals surface area contributed by atoms with Gasteiger partial charge in [0.05, 0.1) is 17.1 Å². The van der Waals surface area contributed by atoms with E-state index in [0.717, 1.165) is 84.7 Å². The summed E-state index contributed by atoms with van der Waals surface area (Å²) in [5.41, 5.74) is 34.1. The van der Waals surface area contributed by atoms with E-state index in [9.17, 15) is 0 Å². The fraction of sp³-hybridized carbons (Fsp3) is 0.0103. The number of aryl methyl sites for hydroxylation is 1. The van der Waals surface area contributed by atoms with Crippen molar-refractivity contribution in [2.24, 2.45) is 0 Å². The standard InChI is InChI=1S/C97H66B2N4S2/c1-65-29-28-44-80(72-38-16-6-17-39-72)97(65)103-88-64-92-84(63-83(88)99-82-46-23-27-50-91(82)104-93-61-77(60-90(103)96(93)99)101(75-57-53-69(54-58-75)67-32-10-3-11-33-67)86-48-25-21-43-79(86)71-36-14-5-15-37-71)98-81-45-22-26-49-87(81)102(73-40-18-7-19-41-73)89-59-76(62-94(105-92)95(89)98)100(74-55-51-68(52-56-74)66-30-8-2-9-31-66)85-47-24-20-42-78(85)70-34-12-4-13-35-70/h2-64H,1H3. The number of nitrogens with zero attached hydrogens (tertiary/aromatic N) is 4. The van der Waals surface area contributed by atoms with E-state index in [4.69, 9.17) is 0 Å². The fourth-order valence-corrected chi connectivity index (χ4v) is 19.2. The van der Waals surface area contributed by atoms with E-state index in [-0.39, 0.29) is 13.4 Å². The molecule has 492 valence electrons. The highest BCUT2D eigenvalue weighted by atomic mass is 32.2. The third-order valence-electron chi connectivity index (χ3n) is 21.5. The molecule has 4 aliphatic heterocycles. The van der Waals surface area contributed by atoms with Crippen LogP contribution in [-0.2, 0) is 0 Å². The second-order valence-electron chi connectivity index (χ2n) is 27.5. The summed E-state index contributed by atoms with van der Waals surface area (Å²) < 4.78 is 0. The maximum absolute atomic E-state index is 2.69. The molecule has 0 atom stereocenters. The second-order valence-corrected chi connectivity index (χ2v) is 29.6. The van der Waals surface area contributed by atoms with Gasteiger partial charge in [-0.1, -0.05) is 326 Å². The van der Waals surface area contributed by atoms with Crippen LogP contribution in [0.2, 0.25) is 0 Å². The Labute approximate surface area is 623 Å². The van der Waals surface area contributed by atoms with E-state index in [1.165, 1.54) is 97.1 Å². The first-order valence-electron chi connectivity index (χ1n) is 36.1. The molecule has 0 spiro atoms. The van der Waals surface area contributed by atoms with E-state index in [0.29, 0.717) is 0 Å². The molecule has 16 aromatic carbocycles. The number of rotatable bonds is 13. The summed E-state index contributed by atoms with van der Waals surface area (Å²) in [6, 6.07) is 142. The molecule has 0 aliphatic carbocycles. The Kier molecular flexibility index (Phi) is 15.5. The number of hydrogen-bond acceptors (Lipinski definition) is 6. The van der Waals surface area contributed by atoms with Gasteiger partial charge in [-0.05, 0) is 164 Å². The minimum absolute atomic E-state index is 0.114. The Balaban J connectivity index is 0.849. The third kappa shape index (κ3) is 10.7. The van der Waals surface area contributed by atoms with Crippen LogP contribution < -0.4 is 52.4 Å². The topological polar surface area (TPSA) is 13.0 Å². The molecular weight excluding hydrogens is 1310 g/mol. The number of hydrogen-bond donors (Lipinski definition) is 0. The van der Waals surface area contributed by atoms with Gasteiger partial charge in [0.15, 0.2) is 0 Å². The molecule has 8 heteroatoms. The van der Waals surface area contributed by atoms with Crippen molar-refractivity contribution in [3.63, 3.8) is 0 Å². The SMILES string of the molecule is Cc1cccc(-c2ccccc2)c1N1c2cc3c(cc2B2c4ccccc4Sc4cc(N(c5ccc(-c6ccccc6)cc5)c5ccccc5-c5ccccc5)cc1c42)B1c2ccccc2N(c2ccccc2)c2cc(N(c4ccc(-c5ccccc5)cc4)c4ccccc4-c4ccccc4)cc(c21)S3. The van der Waals surface area contributed by atoms with Crippen molar-refractivity contribution in [3.05, 3.63) is 388 Å². The van der Waals surface area contributed by atoms with E-state index in [1.807, 2.05) is 23.5 Å². The molecule has 4 nitrogen and oxygen atoms in total. The van der Waals surface area contributed by atoms with Gasteiger partial charge in [-0.25, -0.2) is 0 Å². The first-order valence-corrected chi connectivity index (χ1v) is 37.7. The van der Waals surface area contributed by atoms with Gasteiger partial charge in [-0.15, -0.1) is 0 Å². The number of para-hydroxylation sites is 5. The first-order chi connectivity index (χ1) is 52.0. The molecule has 0 N–H and O–H groups in total. The predicted octanol–water partition coefficient (Wildman–Crippen LogP) is 22.8. The van der Waals surface area contributed by atoms with Crippen molar-refractivity contribution >= 4 is 138 Å². The molecule has 20 rings (SSSR count). The lowest BCUT2D eigenvalue weighted by atomic mass is 9.31. The zero-order valence-electron chi connectivity index (χ0n) is 57.6. The summed E-state index contributed by atoms with van der Waals surface area (Å²) in [7, 11) is 0. The van der Waals surface area contributed by atoms with Gasteiger partial charge in [0.25, 0.3) is 0 Å². The summed E-state index contributed by atoms with van der Waals surface area (Å²) in [6.07, 6.45) is 0. The van der Waals surface area contributed by atoms with Crippen molar-refractivity contribution in [2.75, 3.05) is 19.6 Å². The molecule has 0 unspecified atom stereocenters. The largest absolute Gasteiger partial charge is 0.311 e. The second kappa shape index (κ2) is 26.1. The highest BCUT2D eigenvalue weighted by Crippen LogP contribution is 2.54. The van der Waals surface area contributed by atoms with Gasteiger partial charge in [-0.3, -0.25) is 0 Å². The molecule has 0 amide bonds. The van der Waals surface area contributed by atoms with Crippen LogP contribution in [0, 0.1) is 6.92 Å². The van der Waals surface area contributed by atoms with Gasteiger partial charge >= 0.3 is 0 Å². The molecule has 4 aliphatic rings. The van der Waals surface area contributed by atoms with Crippen molar-refractivity contribution < 1.29 is 0 Å². The van der Waals surface area contributed by atoms with Gasteiger partial charge in [0.1, 0.15) is 0 Å². The van der Waals surface area contributed by atoms with Gasteiger partial charge < -0.3 is 19.6 Å². The molecule has 4 heterocycles. The smallest absolute Gasteiger partial charge is 0.249 e. The molecular formula is C97H66B2N4S2. The predicted molar refractivity (Wildman–Crippen MR) is 448 cm³/mol. The molecule has 0 bridgehead atoms. The maximum atomic E-state index is 2.69. The normalized spacial score (nSPS) is 12.7. The van der Waals surface area contributed by atoms with Gasteiger partial charge in [-0.2, -0.15) is 0 Å². The number of fused-ring (bicyclic) bond motifs is 8. The van der Waals surface area contributed by atoms with Crippen LogP contribution in [0.5, 0.6) is 0 Å². The van der Waals surface area contributed by atoms with E-state index >= 15 is 0 Å². The summed E-state index contributed by atoms with van der Waals surface area (Å²) in [5, 5.41) is 0. The minimum atomic E-state index is -0.119. The Bertz CT molecular complexity index is 6010. The van der Waals surface area contributed by atoms with Crippen LogP contribution in [0.3, 0.4) is 0 Å². The lowest BCUT2D eigenvalue weighted by Gasteiger charge is -2.44. The Morgan fingerprint density at radius 1 is 0.248 bits per heavy atom. The fourth-order valence-electron chi connectivity index (χ4n) is 16.8. The van der Waals surface area contributed by atoms with E-state index in [2.05, 4.69) is 409 Å². The monoisotopic (exact) mass is 1370 g/mol. The molecule has 0 aromatic heterocycles. The van der Waals surface area contributed by atoms with Crippen LogP contribution in [0.4, 0.5) is 68.2 Å². The quantitative estimate of drug-likeness (QED) is 0.106. The summed E-state index contributed by atoms with van der Waals surface area (Å²) in [5.74, 6) is 0. The van der Waals surface area contributed by atoms with Crippen molar-refractivity contribution in [1.29, 1.82) is 0 Å². The van der Waals surface area contributed by atoms with E-state index in [1.54, 1.807) is 0 Å². The summed E-state index contributed by atoms with van der Waals surface area (Å²) in [4.78, 5) is 15.2. The third-order valence-corrected chi connectivity index (χ3v) is 23.7. The highest BCUT2D eigenvalue weighted by molar-refractivity contribution is 8.00. The van der Waals surface area contributed by atoms with Crippen LogP contribution >= 0.6 is 23.5 Å². The summed E-state index contributed by atoms with van der Waals surface area (Å²) >= 11 is 3.83. The average Bonchev–Trinajstić information content (AvgIpc) is 0.691. The molecule has 0 saturated carbocycles. The zero-order valence-corrected chi connectivity index (χ0v) is 59.3. The molecule has 0 radical (unpaired) electrons. The minimum Gasteiger partial charge on any atom is -0.311 e. The molecule has 0 saturated heterocycles. The maximum Gasteiger partial charge on any atom is 0.249 e. The van der Waals surface area contributed by atoms with Crippen molar-refractivity contribution in [3.8, 4) is 55.6 Å². The number of benzene rings is 16. The van der Waals surface area contributed by atoms with Crippen molar-refractivity contribution in [2.45, 2.75) is 26.5 Å². The van der Waals surface area contributed by atoms with Gasteiger partial charge in [0, 0.05) is 87.5 Å². The Morgan fingerprint density at radius 3 is 1.20 bits per heavy atom. The average molecular weight is 1370 g/mol. The number of anilines is 12. The van der Waals surface area contributed by atoms with Gasteiger partial charge in [0.2, 0.25) is 13.4 Å². The van der Waals surface area contributed by atoms with Crippen LogP contribution in [0.25, 0.3) is 55.6 Å². The van der Waals surface area contributed by atoms with E-state index < -0.39 is 0 Å². The van der Waals surface area contributed by atoms with Crippen LogP contribution in [0.15, 0.2) is 402 Å². The lowest BCUT2D eigenvalue weighted by Crippen LogP contribution is -2.64. The first kappa shape index (κ1) is 62.3. The summed E-state index contributed by atoms with van der Waals surface area (Å²) in [6.45, 7) is 2.08. The molecule has 16 aromatic rings. The zero-order chi connectivity index (χ0) is 69.5. The Hall–Kier alpha value is -12.5. The van der Waals surface area contributed by atoms with Crippen LogP contribution in [-0.4, -0.2) is 13.4 Å². The van der Waals surface area contributed by atoms with Crippen LogP contribution in [0.1, 0.15) is 5.56 Å². The lowest BCUT2D eigenvalue weighted by molar-refractivity contribution is 1.21.